The number of hydrogen-bond acceptors (Lipinski definition) is 3. The SMILES string of the molecule is Cc1cc(N2CCC(CCO)CC2)c2c(C)cn(-c3c(C)cc(Br)cc3C)c2n1. The van der Waals surface area contributed by atoms with Crippen LogP contribution < -0.4 is 4.90 Å². The average Bonchev–Trinajstić information content (AvgIpc) is 2.97. The molecule has 1 saturated heterocycles. The number of halogens is 1. The molecule has 0 aliphatic carbocycles. The fourth-order valence-corrected chi connectivity index (χ4v) is 5.55. The predicted molar refractivity (Wildman–Crippen MR) is 124 cm³/mol. The van der Waals surface area contributed by atoms with Crippen molar-refractivity contribution in [3.63, 3.8) is 0 Å². The van der Waals surface area contributed by atoms with E-state index in [1.54, 1.807) is 0 Å². The zero-order valence-corrected chi connectivity index (χ0v) is 19.4. The minimum Gasteiger partial charge on any atom is -0.396 e. The van der Waals surface area contributed by atoms with Crippen LogP contribution in [0.4, 0.5) is 5.69 Å². The van der Waals surface area contributed by atoms with E-state index >= 15 is 0 Å². The van der Waals surface area contributed by atoms with Crippen molar-refractivity contribution in [2.24, 2.45) is 5.92 Å². The molecule has 2 aromatic heterocycles. The molecular formula is C24H30BrN3O. The maximum atomic E-state index is 9.26. The van der Waals surface area contributed by atoms with Gasteiger partial charge in [0, 0.05) is 47.1 Å². The molecule has 1 aliphatic heterocycles. The minimum atomic E-state index is 0.303. The molecule has 4 rings (SSSR count). The predicted octanol–water partition coefficient (Wildman–Crippen LogP) is 5.62. The number of fused-ring (bicyclic) bond motifs is 1. The van der Waals surface area contributed by atoms with Gasteiger partial charge in [-0.3, -0.25) is 0 Å². The topological polar surface area (TPSA) is 41.3 Å². The second-order valence-corrected chi connectivity index (χ2v) is 9.41. The zero-order chi connectivity index (χ0) is 20.7. The molecule has 4 nitrogen and oxygen atoms in total. The van der Waals surface area contributed by atoms with E-state index in [1.807, 2.05) is 0 Å². The number of aliphatic hydroxyl groups is 1. The minimum absolute atomic E-state index is 0.303. The highest BCUT2D eigenvalue weighted by molar-refractivity contribution is 9.10. The number of piperidine rings is 1. The summed E-state index contributed by atoms with van der Waals surface area (Å²) >= 11 is 3.62. The summed E-state index contributed by atoms with van der Waals surface area (Å²) in [5, 5.41) is 10.5. The largest absolute Gasteiger partial charge is 0.396 e. The monoisotopic (exact) mass is 455 g/mol. The van der Waals surface area contributed by atoms with Crippen LogP contribution in [0.1, 0.15) is 41.6 Å². The van der Waals surface area contributed by atoms with E-state index in [9.17, 15) is 5.11 Å². The molecule has 0 saturated carbocycles. The van der Waals surface area contributed by atoms with Gasteiger partial charge in [-0.05, 0) is 87.8 Å². The first kappa shape index (κ1) is 20.4. The third kappa shape index (κ3) is 3.82. The molecule has 29 heavy (non-hydrogen) atoms. The van der Waals surface area contributed by atoms with Crippen molar-refractivity contribution >= 4 is 32.7 Å². The number of rotatable bonds is 4. The van der Waals surface area contributed by atoms with Crippen molar-refractivity contribution in [2.75, 3.05) is 24.6 Å². The smallest absolute Gasteiger partial charge is 0.147 e. The number of anilines is 1. The second-order valence-electron chi connectivity index (χ2n) is 8.49. The highest BCUT2D eigenvalue weighted by atomic mass is 79.9. The van der Waals surface area contributed by atoms with Crippen molar-refractivity contribution in [3.05, 3.63) is 51.3 Å². The molecule has 0 radical (unpaired) electrons. The van der Waals surface area contributed by atoms with Crippen LogP contribution in [0.3, 0.4) is 0 Å². The van der Waals surface area contributed by atoms with Crippen molar-refractivity contribution in [1.29, 1.82) is 0 Å². The Hall–Kier alpha value is -1.85. The Labute approximate surface area is 181 Å². The summed E-state index contributed by atoms with van der Waals surface area (Å²) in [5.74, 6) is 0.647. The number of aliphatic hydroxyl groups excluding tert-OH is 1. The highest BCUT2D eigenvalue weighted by Crippen LogP contribution is 2.36. The first-order chi connectivity index (χ1) is 13.9. The summed E-state index contributed by atoms with van der Waals surface area (Å²) < 4.78 is 3.39. The molecule has 0 bridgehead atoms. The van der Waals surface area contributed by atoms with Crippen LogP contribution in [-0.4, -0.2) is 34.4 Å². The van der Waals surface area contributed by atoms with Gasteiger partial charge in [-0.25, -0.2) is 4.98 Å². The lowest BCUT2D eigenvalue weighted by molar-refractivity contribution is 0.240. The van der Waals surface area contributed by atoms with E-state index in [4.69, 9.17) is 4.98 Å². The number of nitrogens with zero attached hydrogens (tertiary/aromatic N) is 3. The van der Waals surface area contributed by atoms with Gasteiger partial charge in [0.15, 0.2) is 0 Å². The van der Waals surface area contributed by atoms with Gasteiger partial charge in [-0.1, -0.05) is 15.9 Å². The third-order valence-electron chi connectivity index (χ3n) is 6.24. The van der Waals surface area contributed by atoms with Gasteiger partial charge in [0.25, 0.3) is 0 Å². The van der Waals surface area contributed by atoms with E-state index in [2.05, 4.69) is 77.5 Å². The van der Waals surface area contributed by atoms with Gasteiger partial charge in [-0.15, -0.1) is 0 Å². The van der Waals surface area contributed by atoms with Crippen molar-refractivity contribution in [1.82, 2.24) is 9.55 Å². The number of aromatic nitrogens is 2. The van der Waals surface area contributed by atoms with Gasteiger partial charge in [0.05, 0.1) is 5.69 Å². The van der Waals surface area contributed by atoms with Gasteiger partial charge in [-0.2, -0.15) is 0 Å². The lowest BCUT2D eigenvalue weighted by Crippen LogP contribution is -2.34. The molecule has 0 atom stereocenters. The summed E-state index contributed by atoms with van der Waals surface area (Å²) in [6, 6.07) is 6.59. The van der Waals surface area contributed by atoms with Crippen LogP contribution in [-0.2, 0) is 0 Å². The molecule has 1 aliphatic rings. The lowest BCUT2D eigenvalue weighted by atomic mass is 9.93. The Kier molecular flexibility index (Phi) is 5.71. The molecule has 0 amide bonds. The fraction of sp³-hybridized carbons (Fsp3) is 0.458. The number of pyridine rings is 1. The summed E-state index contributed by atoms with van der Waals surface area (Å²) in [7, 11) is 0. The lowest BCUT2D eigenvalue weighted by Gasteiger charge is -2.34. The first-order valence-corrected chi connectivity index (χ1v) is 11.3. The average molecular weight is 456 g/mol. The molecule has 1 N–H and O–H groups in total. The summed E-state index contributed by atoms with van der Waals surface area (Å²) in [5.41, 5.74) is 8.37. The van der Waals surface area contributed by atoms with Crippen molar-refractivity contribution in [3.8, 4) is 5.69 Å². The van der Waals surface area contributed by atoms with E-state index in [1.165, 1.54) is 33.5 Å². The van der Waals surface area contributed by atoms with Crippen LogP contribution in [0.15, 0.2) is 28.9 Å². The molecule has 1 aromatic carbocycles. The standard InChI is InChI=1S/C24H30BrN3O/c1-15-11-20(25)12-16(2)23(15)28-14-17(3)22-21(13-18(4)26-24(22)28)27-8-5-19(6-9-27)7-10-29/h11-14,19,29H,5-10H2,1-4H3. The van der Waals surface area contributed by atoms with Crippen LogP contribution in [0.25, 0.3) is 16.7 Å². The first-order valence-electron chi connectivity index (χ1n) is 10.5. The Morgan fingerprint density at radius 3 is 2.31 bits per heavy atom. The van der Waals surface area contributed by atoms with Gasteiger partial charge in [0.1, 0.15) is 5.65 Å². The molecule has 0 spiro atoms. The molecule has 0 unspecified atom stereocenters. The Morgan fingerprint density at radius 2 is 1.69 bits per heavy atom. The van der Waals surface area contributed by atoms with E-state index < -0.39 is 0 Å². The van der Waals surface area contributed by atoms with Crippen LogP contribution >= 0.6 is 15.9 Å². The van der Waals surface area contributed by atoms with E-state index in [-0.39, 0.29) is 0 Å². The van der Waals surface area contributed by atoms with Gasteiger partial charge in [0.2, 0.25) is 0 Å². The van der Waals surface area contributed by atoms with Crippen molar-refractivity contribution in [2.45, 2.75) is 47.0 Å². The van der Waals surface area contributed by atoms with E-state index in [0.29, 0.717) is 12.5 Å². The number of benzene rings is 1. The summed E-state index contributed by atoms with van der Waals surface area (Å²) in [6.07, 6.45) is 5.46. The zero-order valence-electron chi connectivity index (χ0n) is 17.8. The maximum Gasteiger partial charge on any atom is 0.147 e. The highest BCUT2D eigenvalue weighted by Gasteiger charge is 2.23. The Morgan fingerprint density at radius 1 is 1.03 bits per heavy atom. The van der Waals surface area contributed by atoms with Gasteiger partial charge < -0.3 is 14.6 Å². The molecule has 5 heteroatoms. The van der Waals surface area contributed by atoms with Crippen LogP contribution in [0.2, 0.25) is 0 Å². The number of aryl methyl sites for hydroxylation is 4. The maximum absolute atomic E-state index is 9.26. The Balaban J connectivity index is 1.82. The summed E-state index contributed by atoms with van der Waals surface area (Å²) in [4.78, 5) is 7.49. The Bertz CT molecular complexity index is 1020. The third-order valence-corrected chi connectivity index (χ3v) is 6.70. The molecule has 154 valence electrons. The van der Waals surface area contributed by atoms with Crippen LogP contribution in [0, 0.1) is 33.6 Å². The molecule has 3 heterocycles. The normalized spacial score (nSPS) is 15.4. The van der Waals surface area contributed by atoms with Crippen molar-refractivity contribution < 1.29 is 5.11 Å². The van der Waals surface area contributed by atoms with Gasteiger partial charge >= 0.3 is 0 Å². The summed E-state index contributed by atoms with van der Waals surface area (Å²) in [6.45, 7) is 11.0. The second kappa shape index (κ2) is 8.11. The fourth-order valence-electron chi connectivity index (χ4n) is 4.86. The molecular weight excluding hydrogens is 426 g/mol. The van der Waals surface area contributed by atoms with E-state index in [0.717, 1.165) is 48.2 Å². The molecule has 1 fully saturated rings. The molecule has 3 aromatic rings. The quantitative estimate of drug-likeness (QED) is 0.554. The van der Waals surface area contributed by atoms with Crippen LogP contribution in [0.5, 0.6) is 0 Å². The number of hydrogen-bond donors (Lipinski definition) is 1.